The lowest BCUT2D eigenvalue weighted by Gasteiger charge is -2.07. The number of ketones is 1. The minimum absolute atomic E-state index is 0.149. The molecule has 2 rings (SSSR count). The van der Waals surface area contributed by atoms with Crippen LogP contribution in [0.25, 0.3) is 0 Å². The molecule has 126 valence electrons. The van der Waals surface area contributed by atoms with E-state index in [0.29, 0.717) is 12.1 Å². The van der Waals surface area contributed by atoms with Crippen LogP contribution in [0.1, 0.15) is 27.3 Å². The van der Waals surface area contributed by atoms with Crippen LogP contribution in [0.15, 0.2) is 47.5 Å². The number of ether oxygens (including phenoxy) is 1. The lowest BCUT2D eigenvalue weighted by Crippen LogP contribution is -2.16. The molecule has 24 heavy (non-hydrogen) atoms. The van der Waals surface area contributed by atoms with Crippen LogP contribution >= 0.6 is 15.9 Å². The predicted molar refractivity (Wildman–Crippen MR) is 97.2 cm³/mol. The zero-order valence-corrected chi connectivity index (χ0v) is 15.4. The lowest BCUT2D eigenvalue weighted by molar-refractivity contribution is -0.141. The van der Waals surface area contributed by atoms with Crippen molar-refractivity contribution in [2.24, 2.45) is 0 Å². The highest BCUT2D eigenvalue weighted by atomic mass is 79.9. The van der Waals surface area contributed by atoms with Crippen LogP contribution < -0.4 is 0 Å². The first-order chi connectivity index (χ1) is 11.4. The second-order valence-corrected chi connectivity index (χ2v) is 6.49. The van der Waals surface area contributed by atoms with Gasteiger partial charge in [-0.2, -0.15) is 0 Å². The van der Waals surface area contributed by atoms with Crippen LogP contribution in [0, 0.1) is 13.8 Å². The van der Waals surface area contributed by atoms with Gasteiger partial charge in [0, 0.05) is 28.0 Å². The van der Waals surface area contributed by atoms with E-state index >= 15 is 0 Å². The van der Waals surface area contributed by atoms with Gasteiger partial charge in [-0.05, 0) is 37.6 Å². The minimum Gasteiger partial charge on any atom is -0.457 e. The number of rotatable bonds is 7. The molecule has 0 unspecified atom stereocenters. The number of benzene rings is 1. The summed E-state index contributed by atoms with van der Waals surface area (Å²) < 4.78 is 8.08. The fourth-order valence-electron chi connectivity index (χ4n) is 2.54. The van der Waals surface area contributed by atoms with Gasteiger partial charge in [0.15, 0.2) is 6.61 Å². The summed E-state index contributed by atoms with van der Waals surface area (Å²) in [4.78, 5) is 24.2. The smallest absolute Gasteiger partial charge is 0.310 e. The molecule has 0 aliphatic carbocycles. The number of aryl methyl sites for hydroxylation is 1. The summed E-state index contributed by atoms with van der Waals surface area (Å²) >= 11 is 3.34. The molecule has 1 aromatic heterocycles. The number of nitrogens with zero attached hydrogens (tertiary/aromatic N) is 1. The SMILES string of the molecule is C=CCn1c(C)cc(C(=O)COC(=O)Cc2ccc(Br)cc2)c1C. The third-order valence-electron chi connectivity index (χ3n) is 3.81. The molecule has 4 nitrogen and oxygen atoms in total. The van der Waals surface area contributed by atoms with E-state index in [9.17, 15) is 9.59 Å². The van der Waals surface area contributed by atoms with E-state index in [1.54, 1.807) is 6.08 Å². The molecular formula is C19H20BrNO3. The van der Waals surface area contributed by atoms with E-state index < -0.39 is 5.97 Å². The Morgan fingerprint density at radius 2 is 1.92 bits per heavy atom. The van der Waals surface area contributed by atoms with Crippen LogP contribution in [0.2, 0.25) is 0 Å². The summed E-state index contributed by atoms with van der Waals surface area (Å²) in [6, 6.07) is 9.24. The van der Waals surface area contributed by atoms with Crippen LogP contribution in [0.4, 0.5) is 0 Å². The maximum Gasteiger partial charge on any atom is 0.310 e. The van der Waals surface area contributed by atoms with Gasteiger partial charge in [0.1, 0.15) is 0 Å². The molecule has 0 aliphatic rings. The lowest BCUT2D eigenvalue weighted by atomic mass is 10.1. The molecule has 1 heterocycles. The molecule has 0 radical (unpaired) electrons. The van der Waals surface area contributed by atoms with Gasteiger partial charge >= 0.3 is 5.97 Å². The second kappa shape index (κ2) is 8.11. The van der Waals surface area contributed by atoms with E-state index in [0.717, 1.165) is 21.4 Å². The van der Waals surface area contributed by atoms with Crippen molar-refractivity contribution in [2.75, 3.05) is 6.61 Å². The van der Waals surface area contributed by atoms with Crippen LogP contribution in [0.5, 0.6) is 0 Å². The average Bonchev–Trinajstić information content (AvgIpc) is 2.83. The molecule has 0 bridgehead atoms. The minimum atomic E-state index is -0.412. The Bertz CT molecular complexity index is 760. The van der Waals surface area contributed by atoms with Gasteiger partial charge in [-0.3, -0.25) is 9.59 Å². The van der Waals surface area contributed by atoms with E-state index in [-0.39, 0.29) is 18.8 Å². The van der Waals surface area contributed by atoms with Gasteiger partial charge in [0.2, 0.25) is 5.78 Å². The Kier molecular flexibility index (Phi) is 6.15. The molecule has 0 N–H and O–H groups in total. The molecular weight excluding hydrogens is 370 g/mol. The van der Waals surface area contributed by atoms with Crippen molar-refractivity contribution in [1.82, 2.24) is 4.57 Å². The molecule has 2 aromatic rings. The van der Waals surface area contributed by atoms with Gasteiger partial charge in [0.25, 0.3) is 0 Å². The Morgan fingerprint density at radius 1 is 1.25 bits per heavy atom. The van der Waals surface area contributed by atoms with Crippen molar-refractivity contribution in [1.29, 1.82) is 0 Å². The molecule has 0 saturated carbocycles. The molecule has 0 fully saturated rings. The maximum atomic E-state index is 12.3. The van der Waals surface area contributed by atoms with Crippen molar-refractivity contribution in [3.8, 4) is 0 Å². The zero-order valence-electron chi connectivity index (χ0n) is 13.8. The fourth-order valence-corrected chi connectivity index (χ4v) is 2.80. The standard InChI is InChI=1S/C19H20BrNO3/c1-4-9-21-13(2)10-17(14(21)3)18(22)12-24-19(23)11-15-5-7-16(20)8-6-15/h4-8,10H,1,9,11-12H2,2-3H3. The number of halogens is 1. The number of esters is 1. The number of carbonyl (C=O) groups excluding carboxylic acids is 2. The predicted octanol–water partition coefficient (Wildman–Crippen LogP) is 4.02. The van der Waals surface area contributed by atoms with Crippen molar-refractivity contribution < 1.29 is 14.3 Å². The highest BCUT2D eigenvalue weighted by Crippen LogP contribution is 2.16. The maximum absolute atomic E-state index is 12.3. The van der Waals surface area contributed by atoms with Gasteiger partial charge in [0.05, 0.1) is 6.42 Å². The number of Topliss-reactive ketones (excluding diaryl/α,β-unsaturated/α-hetero) is 1. The van der Waals surface area contributed by atoms with E-state index in [4.69, 9.17) is 4.74 Å². The quantitative estimate of drug-likeness (QED) is 0.408. The molecule has 0 saturated heterocycles. The van der Waals surface area contributed by atoms with Crippen LogP contribution in [0.3, 0.4) is 0 Å². The van der Waals surface area contributed by atoms with Gasteiger partial charge in [-0.25, -0.2) is 0 Å². The number of carbonyl (C=O) groups is 2. The first-order valence-electron chi connectivity index (χ1n) is 7.63. The molecule has 0 aliphatic heterocycles. The van der Waals surface area contributed by atoms with Crippen LogP contribution in [-0.4, -0.2) is 22.9 Å². The van der Waals surface area contributed by atoms with Crippen molar-refractivity contribution in [3.63, 3.8) is 0 Å². The van der Waals surface area contributed by atoms with E-state index in [1.165, 1.54) is 0 Å². The fraction of sp³-hybridized carbons (Fsp3) is 0.263. The number of allylic oxidation sites excluding steroid dienone is 1. The summed E-state index contributed by atoms with van der Waals surface area (Å²) in [7, 11) is 0. The average molecular weight is 390 g/mol. The molecule has 5 heteroatoms. The molecule has 1 aromatic carbocycles. The Morgan fingerprint density at radius 3 is 2.54 bits per heavy atom. The monoisotopic (exact) mass is 389 g/mol. The topological polar surface area (TPSA) is 48.3 Å². The van der Waals surface area contributed by atoms with E-state index in [2.05, 4.69) is 22.5 Å². The summed E-state index contributed by atoms with van der Waals surface area (Å²) in [5.74, 6) is -0.604. The van der Waals surface area contributed by atoms with Gasteiger partial charge in [-0.15, -0.1) is 6.58 Å². The van der Waals surface area contributed by atoms with Crippen molar-refractivity contribution >= 4 is 27.7 Å². The highest BCUT2D eigenvalue weighted by Gasteiger charge is 2.17. The third-order valence-corrected chi connectivity index (χ3v) is 4.34. The summed E-state index contributed by atoms with van der Waals surface area (Å²) in [6.45, 7) is 7.94. The van der Waals surface area contributed by atoms with Crippen LogP contribution in [-0.2, 0) is 22.5 Å². The molecule has 0 spiro atoms. The Balaban J connectivity index is 1.95. The summed E-state index contributed by atoms with van der Waals surface area (Å²) in [6.07, 6.45) is 1.93. The zero-order chi connectivity index (χ0) is 17.7. The largest absolute Gasteiger partial charge is 0.457 e. The second-order valence-electron chi connectivity index (χ2n) is 5.57. The number of hydrogen-bond donors (Lipinski definition) is 0. The number of aromatic nitrogens is 1. The third kappa shape index (κ3) is 4.45. The molecule has 0 amide bonds. The summed E-state index contributed by atoms with van der Waals surface area (Å²) in [5, 5.41) is 0. The first kappa shape index (κ1) is 18.2. The highest BCUT2D eigenvalue weighted by molar-refractivity contribution is 9.10. The first-order valence-corrected chi connectivity index (χ1v) is 8.42. The van der Waals surface area contributed by atoms with Crippen molar-refractivity contribution in [2.45, 2.75) is 26.8 Å². The van der Waals surface area contributed by atoms with Gasteiger partial charge in [-0.1, -0.05) is 34.1 Å². The Hall–Kier alpha value is -2.14. The molecule has 0 atom stereocenters. The van der Waals surface area contributed by atoms with Crippen molar-refractivity contribution in [3.05, 3.63) is 70.0 Å². The Labute approximate surface area is 150 Å². The summed E-state index contributed by atoms with van der Waals surface area (Å²) in [5.41, 5.74) is 3.28. The van der Waals surface area contributed by atoms with Gasteiger partial charge < -0.3 is 9.30 Å². The number of hydrogen-bond acceptors (Lipinski definition) is 3. The normalized spacial score (nSPS) is 10.5. The van der Waals surface area contributed by atoms with E-state index in [1.807, 2.05) is 48.7 Å².